The Hall–Kier alpha value is -1.65. The van der Waals surface area contributed by atoms with Gasteiger partial charge in [-0.25, -0.2) is 0 Å². The van der Waals surface area contributed by atoms with Gasteiger partial charge in [0.2, 0.25) is 0 Å². The molecule has 1 aliphatic rings. The summed E-state index contributed by atoms with van der Waals surface area (Å²) in [6, 6.07) is 11.8. The van der Waals surface area contributed by atoms with E-state index in [0.29, 0.717) is 10.0 Å². The van der Waals surface area contributed by atoms with E-state index in [1.165, 1.54) is 36.4 Å². The number of hydrogen-bond acceptors (Lipinski definition) is 3. The molecule has 26 heavy (non-hydrogen) atoms. The molecular weight excluding hydrogens is 484 g/mol. The fraction of sp³-hybridized carbons (Fsp3) is 0.176. The van der Waals surface area contributed by atoms with Crippen molar-refractivity contribution in [2.24, 2.45) is 5.10 Å². The Morgan fingerprint density at radius 2 is 1.73 bits per heavy atom. The van der Waals surface area contributed by atoms with Gasteiger partial charge in [0, 0.05) is 19.7 Å². The van der Waals surface area contributed by atoms with Crippen LogP contribution in [0.4, 0.5) is 13.2 Å². The summed E-state index contributed by atoms with van der Waals surface area (Å²) in [5.74, 6) is -0.835. The van der Waals surface area contributed by atoms with Crippen molar-refractivity contribution >= 4 is 45.8 Å². The van der Waals surface area contributed by atoms with Gasteiger partial charge in [-0.2, -0.15) is 23.3 Å². The number of alkyl halides is 3. The molecule has 0 fully saturated rings. The van der Waals surface area contributed by atoms with Crippen LogP contribution >= 0.6 is 34.2 Å². The Kier molecular flexibility index (Phi) is 5.02. The largest absolute Gasteiger partial charge is 0.431 e. The lowest BCUT2D eigenvalue weighted by atomic mass is 9.96. The number of carbonyl (C=O) groups excluding carboxylic acids is 1. The van der Waals surface area contributed by atoms with Crippen LogP contribution in [0.2, 0.25) is 5.02 Å². The fourth-order valence-corrected chi connectivity index (χ4v) is 3.06. The summed E-state index contributed by atoms with van der Waals surface area (Å²) in [4.78, 5) is 12.7. The molecule has 0 aromatic heterocycles. The van der Waals surface area contributed by atoms with E-state index < -0.39 is 29.9 Å². The molecule has 1 aliphatic heterocycles. The van der Waals surface area contributed by atoms with Crippen LogP contribution in [0.25, 0.3) is 0 Å². The average Bonchev–Trinajstić information content (AvgIpc) is 2.94. The lowest BCUT2D eigenvalue weighted by molar-refractivity contribution is -0.0816. The molecule has 0 saturated heterocycles. The zero-order valence-electron chi connectivity index (χ0n) is 13.0. The number of hydrazone groups is 1. The van der Waals surface area contributed by atoms with Crippen molar-refractivity contribution in [2.45, 2.75) is 18.3 Å². The average molecular weight is 495 g/mol. The van der Waals surface area contributed by atoms with E-state index in [4.69, 9.17) is 11.6 Å². The van der Waals surface area contributed by atoms with Gasteiger partial charge in [0.05, 0.1) is 6.42 Å². The third kappa shape index (κ3) is 3.58. The van der Waals surface area contributed by atoms with Crippen molar-refractivity contribution in [2.75, 3.05) is 0 Å². The lowest BCUT2D eigenvalue weighted by Crippen LogP contribution is -2.43. The summed E-state index contributed by atoms with van der Waals surface area (Å²) < 4.78 is 40.4. The molecule has 0 saturated carbocycles. The van der Waals surface area contributed by atoms with Gasteiger partial charge in [0.15, 0.2) is 5.72 Å². The highest BCUT2D eigenvalue weighted by molar-refractivity contribution is 14.1. The predicted octanol–water partition coefficient (Wildman–Crippen LogP) is 4.55. The third-order valence-corrected chi connectivity index (χ3v) is 4.87. The van der Waals surface area contributed by atoms with Crippen molar-refractivity contribution in [1.82, 2.24) is 5.01 Å². The maximum Gasteiger partial charge on any atom is 0.431 e. The normalized spacial score (nSPS) is 20.2. The molecule has 136 valence electrons. The monoisotopic (exact) mass is 494 g/mol. The number of rotatable bonds is 2. The van der Waals surface area contributed by atoms with E-state index in [1.54, 1.807) is 12.1 Å². The Morgan fingerprint density at radius 1 is 1.15 bits per heavy atom. The van der Waals surface area contributed by atoms with E-state index in [1.807, 2.05) is 22.6 Å². The first-order valence-electron chi connectivity index (χ1n) is 7.34. The summed E-state index contributed by atoms with van der Waals surface area (Å²) in [6.45, 7) is 0. The first kappa shape index (κ1) is 19.1. The Balaban J connectivity index is 2.06. The molecule has 0 aliphatic carbocycles. The van der Waals surface area contributed by atoms with Gasteiger partial charge in [-0.3, -0.25) is 4.79 Å². The quantitative estimate of drug-likeness (QED) is 0.623. The second-order valence-corrected chi connectivity index (χ2v) is 7.35. The molecule has 1 heterocycles. The lowest BCUT2D eigenvalue weighted by Gasteiger charge is -2.31. The smallest absolute Gasteiger partial charge is 0.365 e. The molecule has 0 bridgehead atoms. The molecule has 3 rings (SSSR count). The zero-order valence-corrected chi connectivity index (χ0v) is 15.9. The van der Waals surface area contributed by atoms with E-state index in [-0.39, 0.29) is 11.1 Å². The second-order valence-electron chi connectivity index (χ2n) is 5.67. The minimum absolute atomic E-state index is 0.0868. The minimum Gasteiger partial charge on any atom is -0.365 e. The number of nitrogens with zero attached hydrogens (tertiary/aromatic N) is 2. The maximum absolute atomic E-state index is 13.2. The van der Waals surface area contributed by atoms with Crippen LogP contribution in [-0.2, 0) is 5.72 Å². The van der Waals surface area contributed by atoms with E-state index >= 15 is 0 Å². The van der Waals surface area contributed by atoms with Gasteiger partial charge in [0.25, 0.3) is 5.91 Å². The summed E-state index contributed by atoms with van der Waals surface area (Å²) in [6.07, 6.45) is -5.63. The van der Waals surface area contributed by atoms with Crippen molar-refractivity contribution in [1.29, 1.82) is 0 Å². The molecule has 9 heteroatoms. The van der Waals surface area contributed by atoms with E-state index in [0.717, 1.165) is 3.57 Å². The standard InChI is InChI=1S/C17H11ClF3IN2O2/c18-12-5-3-11(4-6-12)16(26)9-14(17(19,20)21)23-24(16)15(25)10-1-7-13(22)8-2-10/h1-8,26H,9H2/t16-/m1/s1. The SMILES string of the molecule is O=C(c1ccc(I)cc1)N1N=C(C(F)(F)F)C[C@@]1(O)c1ccc(Cl)cc1. The first-order chi connectivity index (χ1) is 12.1. The van der Waals surface area contributed by atoms with E-state index in [2.05, 4.69) is 5.10 Å². The number of carbonyl (C=O) groups is 1. The van der Waals surface area contributed by atoms with Crippen LogP contribution in [0.5, 0.6) is 0 Å². The van der Waals surface area contributed by atoms with Gasteiger partial charge >= 0.3 is 6.18 Å². The number of amides is 1. The first-order valence-corrected chi connectivity index (χ1v) is 8.80. The van der Waals surface area contributed by atoms with Crippen LogP contribution in [0, 0.1) is 3.57 Å². The highest BCUT2D eigenvalue weighted by Gasteiger charge is 2.53. The molecule has 4 nitrogen and oxygen atoms in total. The van der Waals surface area contributed by atoms with Crippen molar-refractivity contribution < 1.29 is 23.1 Å². The minimum atomic E-state index is -4.76. The number of halogens is 5. The molecule has 2 aromatic carbocycles. The van der Waals surface area contributed by atoms with E-state index in [9.17, 15) is 23.1 Å². The number of benzene rings is 2. The van der Waals surface area contributed by atoms with Gasteiger partial charge in [-0.15, -0.1) is 0 Å². The van der Waals surface area contributed by atoms with Crippen LogP contribution in [0.1, 0.15) is 22.3 Å². The van der Waals surface area contributed by atoms with Crippen LogP contribution in [0.15, 0.2) is 53.6 Å². The number of aliphatic hydroxyl groups is 1. The molecule has 0 spiro atoms. The molecule has 0 unspecified atom stereocenters. The molecule has 2 aromatic rings. The van der Waals surface area contributed by atoms with Crippen molar-refractivity contribution in [3.05, 3.63) is 68.3 Å². The Bertz CT molecular complexity index is 869. The third-order valence-electron chi connectivity index (χ3n) is 3.90. The fourth-order valence-electron chi connectivity index (χ4n) is 2.57. The van der Waals surface area contributed by atoms with Gasteiger partial charge in [0.1, 0.15) is 5.71 Å². The van der Waals surface area contributed by atoms with Crippen LogP contribution in [0.3, 0.4) is 0 Å². The highest BCUT2D eigenvalue weighted by Crippen LogP contribution is 2.40. The molecule has 0 radical (unpaired) electrons. The summed E-state index contributed by atoms with van der Waals surface area (Å²) in [7, 11) is 0. The topological polar surface area (TPSA) is 52.9 Å². The van der Waals surface area contributed by atoms with Crippen molar-refractivity contribution in [3.8, 4) is 0 Å². The molecular formula is C17H11ClF3IN2O2. The molecule has 1 N–H and O–H groups in total. The zero-order chi connectivity index (χ0) is 19.1. The van der Waals surface area contributed by atoms with Gasteiger partial charge in [-0.1, -0.05) is 23.7 Å². The summed E-state index contributed by atoms with van der Waals surface area (Å²) in [5, 5.41) is 15.2. The van der Waals surface area contributed by atoms with Crippen molar-refractivity contribution in [3.63, 3.8) is 0 Å². The van der Waals surface area contributed by atoms with Gasteiger partial charge in [-0.05, 0) is 59.0 Å². The predicted molar refractivity (Wildman–Crippen MR) is 98.8 cm³/mol. The second kappa shape index (κ2) is 6.82. The highest BCUT2D eigenvalue weighted by atomic mass is 127. The maximum atomic E-state index is 13.2. The Morgan fingerprint density at radius 3 is 2.27 bits per heavy atom. The summed E-state index contributed by atoms with van der Waals surface area (Å²) in [5.41, 5.74) is -3.28. The Labute approximate surface area is 165 Å². The number of hydrogen-bond donors (Lipinski definition) is 1. The van der Waals surface area contributed by atoms with Gasteiger partial charge < -0.3 is 5.11 Å². The van der Waals surface area contributed by atoms with Crippen LogP contribution in [-0.4, -0.2) is 27.9 Å². The molecule has 1 amide bonds. The van der Waals surface area contributed by atoms with Crippen LogP contribution < -0.4 is 0 Å². The molecule has 1 atom stereocenters. The summed E-state index contributed by atoms with van der Waals surface area (Å²) >= 11 is 7.84.